The molecule has 0 aliphatic heterocycles. The molecule has 21 heavy (non-hydrogen) atoms. The van der Waals surface area contributed by atoms with Crippen molar-refractivity contribution in [2.45, 2.75) is 20.3 Å². The Morgan fingerprint density at radius 2 is 1.62 bits per heavy atom. The lowest BCUT2D eigenvalue weighted by Crippen LogP contribution is -2.17. The van der Waals surface area contributed by atoms with E-state index < -0.39 is 0 Å². The molecule has 0 atom stereocenters. The van der Waals surface area contributed by atoms with Gasteiger partial charge in [0, 0.05) is 17.7 Å². The second-order valence-corrected chi connectivity index (χ2v) is 5.35. The molecule has 0 spiro atoms. The molecule has 0 saturated carbocycles. The van der Waals surface area contributed by atoms with Crippen molar-refractivity contribution in [1.82, 2.24) is 9.78 Å². The third kappa shape index (κ3) is 2.68. The van der Waals surface area contributed by atoms with Crippen LogP contribution in [0.3, 0.4) is 0 Å². The van der Waals surface area contributed by atoms with Gasteiger partial charge in [0.2, 0.25) is 0 Å². The van der Waals surface area contributed by atoms with Gasteiger partial charge in [0.15, 0.2) is 0 Å². The van der Waals surface area contributed by atoms with Crippen LogP contribution in [0, 0.1) is 13.8 Å². The van der Waals surface area contributed by atoms with Crippen LogP contribution in [-0.2, 0) is 6.42 Å². The Bertz CT molecular complexity index is 795. The second-order valence-electron chi connectivity index (χ2n) is 5.35. The first-order valence-corrected chi connectivity index (χ1v) is 7.06. The fourth-order valence-corrected chi connectivity index (χ4v) is 2.47. The molecule has 0 amide bonds. The van der Waals surface area contributed by atoms with E-state index in [1.165, 1.54) is 5.56 Å². The standard InChI is InChI=1S/C18H18N2O/c1-13-8-10-16(11-9-13)20-18(21)17(14(2)19-20)12-15-6-4-3-5-7-15/h3-11,19H,12H2,1-2H3. The average Bonchev–Trinajstić information content (AvgIpc) is 2.77. The molecular weight excluding hydrogens is 260 g/mol. The molecule has 0 saturated heterocycles. The summed E-state index contributed by atoms with van der Waals surface area (Å²) in [6.07, 6.45) is 0.654. The molecule has 3 heteroatoms. The lowest BCUT2D eigenvalue weighted by atomic mass is 10.1. The summed E-state index contributed by atoms with van der Waals surface area (Å²) in [5, 5.41) is 3.17. The highest BCUT2D eigenvalue weighted by molar-refractivity contribution is 5.36. The number of aromatic nitrogens is 2. The first-order valence-electron chi connectivity index (χ1n) is 7.06. The Morgan fingerprint density at radius 3 is 2.29 bits per heavy atom. The van der Waals surface area contributed by atoms with E-state index in [4.69, 9.17) is 0 Å². The largest absolute Gasteiger partial charge is 0.295 e. The van der Waals surface area contributed by atoms with Crippen LogP contribution >= 0.6 is 0 Å². The Balaban J connectivity index is 2.01. The Hall–Kier alpha value is -2.55. The van der Waals surface area contributed by atoms with E-state index in [1.54, 1.807) is 4.68 Å². The highest BCUT2D eigenvalue weighted by atomic mass is 16.1. The van der Waals surface area contributed by atoms with Gasteiger partial charge in [-0.15, -0.1) is 0 Å². The summed E-state index contributed by atoms with van der Waals surface area (Å²) >= 11 is 0. The predicted octanol–water partition coefficient (Wildman–Crippen LogP) is 3.37. The highest BCUT2D eigenvalue weighted by Gasteiger charge is 2.12. The fourth-order valence-electron chi connectivity index (χ4n) is 2.47. The van der Waals surface area contributed by atoms with Crippen molar-refractivity contribution < 1.29 is 0 Å². The van der Waals surface area contributed by atoms with E-state index in [1.807, 2.05) is 68.4 Å². The van der Waals surface area contributed by atoms with Gasteiger partial charge in [0.25, 0.3) is 5.56 Å². The minimum atomic E-state index is 0.0280. The quantitative estimate of drug-likeness (QED) is 0.783. The summed E-state index contributed by atoms with van der Waals surface area (Å²) < 4.78 is 1.62. The summed E-state index contributed by atoms with van der Waals surface area (Å²) in [6, 6.07) is 18.0. The van der Waals surface area contributed by atoms with Crippen molar-refractivity contribution in [3.05, 3.63) is 87.3 Å². The molecule has 3 rings (SSSR count). The second kappa shape index (κ2) is 5.44. The molecule has 1 aromatic heterocycles. The number of aromatic amines is 1. The van der Waals surface area contributed by atoms with Gasteiger partial charge in [-0.3, -0.25) is 9.89 Å². The fraction of sp³-hybridized carbons (Fsp3) is 0.167. The van der Waals surface area contributed by atoms with Gasteiger partial charge < -0.3 is 0 Å². The maximum Gasteiger partial charge on any atom is 0.274 e. The molecule has 3 aromatic rings. The van der Waals surface area contributed by atoms with Crippen molar-refractivity contribution in [2.24, 2.45) is 0 Å². The summed E-state index contributed by atoms with van der Waals surface area (Å²) in [6.45, 7) is 3.98. The third-order valence-electron chi connectivity index (χ3n) is 3.71. The Labute approximate surface area is 123 Å². The van der Waals surface area contributed by atoms with Crippen LogP contribution in [0.25, 0.3) is 5.69 Å². The lowest BCUT2D eigenvalue weighted by molar-refractivity contribution is 0.834. The molecule has 0 unspecified atom stereocenters. The molecule has 2 aromatic carbocycles. The first kappa shape index (κ1) is 13.4. The Kier molecular flexibility index (Phi) is 3.48. The van der Waals surface area contributed by atoms with Crippen molar-refractivity contribution in [3.8, 4) is 5.69 Å². The maximum atomic E-state index is 12.6. The van der Waals surface area contributed by atoms with Crippen molar-refractivity contribution in [1.29, 1.82) is 0 Å². The Morgan fingerprint density at radius 1 is 0.952 bits per heavy atom. The van der Waals surface area contributed by atoms with Crippen molar-refractivity contribution in [2.75, 3.05) is 0 Å². The number of nitrogens with zero attached hydrogens (tertiary/aromatic N) is 1. The van der Waals surface area contributed by atoms with E-state index in [0.29, 0.717) is 6.42 Å². The summed E-state index contributed by atoms with van der Waals surface area (Å²) in [5.41, 5.74) is 4.96. The van der Waals surface area contributed by atoms with Crippen LogP contribution in [0.1, 0.15) is 22.4 Å². The van der Waals surface area contributed by atoms with E-state index in [-0.39, 0.29) is 5.56 Å². The molecule has 0 bridgehead atoms. The SMILES string of the molecule is Cc1ccc(-n2[nH]c(C)c(Cc3ccccc3)c2=O)cc1. The molecular formula is C18H18N2O. The van der Waals surface area contributed by atoms with Crippen LogP contribution in [0.15, 0.2) is 59.4 Å². The summed E-state index contributed by atoms with van der Waals surface area (Å²) in [4.78, 5) is 12.6. The maximum absolute atomic E-state index is 12.6. The van der Waals surface area contributed by atoms with Gasteiger partial charge in [0.1, 0.15) is 0 Å². The normalized spacial score (nSPS) is 10.8. The van der Waals surface area contributed by atoms with Gasteiger partial charge >= 0.3 is 0 Å². The molecule has 3 nitrogen and oxygen atoms in total. The summed E-state index contributed by atoms with van der Waals surface area (Å²) in [5.74, 6) is 0. The van der Waals surface area contributed by atoms with E-state index in [0.717, 1.165) is 22.5 Å². The lowest BCUT2D eigenvalue weighted by Gasteiger charge is -2.01. The van der Waals surface area contributed by atoms with Gasteiger partial charge in [0.05, 0.1) is 5.69 Å². The molecule has 1 heterocycles. The number of nitrogens with one attached hydrogen (secondary N) is 1. The van der Waals surface area contributed by atoms with Crippen molar-refractivity contribution >= 4 is 0 Å². The number of rotatable bonds is 3. The van der Waals surface area contributed by atoms with Crippen molar-refractivity contribution in [3.63, 3.8) is 0 Å². The molecule has 0 aliphatic rings. The number of H-pyrrole nitrogens is 1. The van der Waals surface area contributed by atoms with Crippen LogP contribution in [-0.4, -0.2) is 9.78 Å². The molecule has 0 fully saturated rings. The van der Waals surface area contributed by atoms with Gasteiger partial charge in [-0.25, -0.2) is 4.68 Å². The van der Waals surface area contributed by atoms with Crippen LogP contribution < -0.4 is 5.56 Å². The van der Waals surface area contributed by atoms with Gasteiger partial charge in [-0.2, -0.15) is 0 Å². The van der Waals surface area contributed by atoms with E-state index in [9.17, 15) is 4.79 Å². The average molecular weight is 278 g/mol. The summed E-state index contributed by atoms with van der Waals surface area (Å²) in [7, 11) is 0. The smallest absolute Gasteiger partial charge is 0.274 e. The van der Waals surface area contributed by atoms with E-state index in [2.05, 4.69) is 5.10 Å². The topological polar surface area (TPSA) is 37.8 Å². The van der Waals surface area contributed by atoms with Crippen LogP contribution in [0.4, 0.5) is 0 Å². The number of hydrogen-bond donors (Lipinski definition) is 1. The minimum Gasteiger partial charge on any atom is -0.295 e. The molecule has 0 radical (unpaired) electrons. The molecule has 0 aliphatic carbocycles. The molecule has 106 valence electrons. The zero-order valence-electron chi connectivity index (χ0n) is 12.3. The predicted molar refractivity (Wildman–Crippen MR) is 85.1 cm³/mol. The first-order chi connectivity index (χ1) is 10.1. The van der Waals surface area contributed by atoms with Crippen LogP contribution in [0.5, 0.6) is 0 Å². The van der Waals surface area contributed by atoms with E-state index >= 15 is 0 Å². The third-order valence-corrected chi connectivity index (χ3v) is 3.71. The number of hydrogen-bond acceptors (Lipinski definition) is 1. The number of aryl methyl sites for hydroxylation is 2. The number of benzene rings is 2. The highest BCUT2D eigenvalue weighted by Crippen LogP contribution is 2.12. The minimum absolute atomic E-state index is 0.0280. The van der Waals surface area contributed by atoms with Gasteiger partial charge in [-0.1, -0.05) is 48.0 Å². The zero-order valence-corrected chi connectivity index (χ0v) is 12.3. The van der Waals surface area contributed by atoms with Crippen LogP contribution in [0.2, 0.25) is 0 Å². The monoisotopic (exact) mass is 278 g/mol. The molecule has 1 N–H and O–H groups in total. The zero-order chi connectivity index (χ0) is 14.8. The van der Waals surface area contributed by atoms with Gasteiger partial charge in [-0.05, 0) is 31.5 Å².